The molecular formula is C10H13ClN6OS. The summed E-state index contributed by atoms with van der Waals surface area (Å²) in [6, 6.07) is 0.205. The van der Waals surface area contributed by atoms with Gasteiger partial charge in [-0.05, 0) is 44.1 Å². The first-order valence-electron chi connectivity index (χ1n) is 5.58. The quantitative estimate of drug-likeness (QED) is 0.853. The summed E-state index contributed by atoms with van der Waals surface area (Å²) in [4.78, 5) is 12.1. The van der Waals surface area contributed by atoms with Gasteiger partial charge in [-0.3, -0.25) is 0 Å². The molecule has 0 spiro atoms. The van der Waals surface area contributed by atoms with E-state index in [1.54, 1.807) is 0 Å². The SMILES string of the molecule is Cc1nnc(Sc2nc(Cl)nc(OC(C)C)n2)n1C. The molecule has 9 heteroatoms. The van der Waals surface area contributed by atoms with E-state index in [0.29, 0.717) is 10.3 Å². The maximum atomic E-state index is 5.85. The summed E-state index contributed by atoms with van der Waals surface area (Å²) >= 11 is 7.10. The highest BCUT2D eigenvalue weighted by Crippen LogP contribution is 2.24. The molecule has 0 unspecified atom stereocenters. The number of aryl methyl sites for hydroxylation is 1. The van der Waals surface area contributed by atoms with Crippen LogP contribution in [0.5, 0.6) is 6.01 Å². The molecule has 0 radical (unpaired) electrons. The second-order valence-corrected chi connectivity index (χ2v) is 5.30. The van der Waals surface area contributed by atoms with Crippen LogP contribution in [0.25, 0.3) is 0 Å². The summed E-state index contributed by atoms with van der Waals surface area (Å²) in [5.74, 6) is 0.807. The molecule has 0 aliphatic rings. The number of nitrogens with zero attached hydrogens (tertiary/aromatic N) is 6. The highest BCUT2D eigenvalue weighted by molar-refractivity contribution is 7.99. The molecule has 0 atom stereocenters. The van der Waals surface area contributed by atoms with Crippen LogP contribution in [0.4, 0.5) is 0 Å². The van der Waals surface area contributed by atoms with Crippen LogP contribution in [0, 0.1) is 6.92 Å². The molecule has 0 aliphatic carbocycles. The first-order valence-corrected chi connectivity index (χ1v) is 6.77. The van der Waals surface area contributed by atoms with Crippen LogP contribution < -0.4 is 4.74 Å². The van der Waals surface area contributed by atoms with E-state index in [2.05, 4.69) is 25.1 Å². The topological polar surface area (TPSA) is 78.6 Å². The van der Waals surface area contributed by atoms with Crippen molar-refractivity contribution >= 4 is 23.4 Å². The number of hydrogen-bond acceptors (Lipinski definition) is 7. The van der Waals surface area contributed by atoms with Crippen LogP contribution >= 0.6 is 23.4 Å². The largest absolute Gasteiger partial charge is 0.461 e. The van der Waals surface area contributed by atoms with Crippen molar-refractivity contribution in [3.63, 3.8) is 0 Å². The molecule has 2 heterocycles. The molecule has 7 nitrogen and oxygen atoms in total. The Hall–Kier alpha value is -1.41. The Labute approximate surface area is 119 Å². The van der Waals surface area contributed by atoms with Gasteiger partial charge in [0.05, 0.1) is 6.10 Å². The van der Waals surface area contributed by atoms with Crippen molar-refractivity contribution < 1.29 is 4.74 Å². The smallest absolute Gasteiger partial charge is 0.322 e. The predicted molar refractivity (Wildman–Crippen MR) is 70.5 cm³/mol. The van der Waals surface area contributed by atoms with Crippen molar-refractivity contribution in [2.45, 2.75) is 37.2 Å². The van der Waals surface area contributed by atoms with Gasteiger partial charge in [0, 0.05) is 7.05 Å². The highest BCUT2D eigenvalue weighted by atomic mass is 35.5. The monoisotopic (exact) mass is 300 g/mol. The molecular weight excluding hydrogens is 288 g/mol. The second-order valence-electron chi connectivity index (χ2n) is 4.03. The zero-order valence-electron chi connectivity index (χ0n) is 11.0. The minimum Gasteiger partial charge on any atom is -0.461 e. The standard InChI is InChI=1S/C10H13ClN6OS/c1-5(2)18-8-12-7(11)13-9(14-8)19-10-16-15-6(3)17(10)4/h5H,1-4H3. The van der Waals surface area contributed by atoms with Gasteiger partial charge in [0.25, 0.3) is 0 Å². The first kappa shape index (κ1) is 14.0. The molecule has 0 fully saturated rings. The van der Waals surface area contributed by atoms with Crippen LogP contribution in [-0.2, 0) is 7.05 Å². The van der Waals surface area contributed by atoms with E-state index >= 15 is 0 Å². The molecule has 0 aliphatic heterocycles. The van der Waals surface area contributed by atoms with Gasteiger partial charge in [-0.15, -0.1) is 10.2 Å². The molecule has 19 heavy (non-hydrogen) atoms. The average Bonchev–Trinajstić information content (AvgIpc) is 2.59. The molecule has 0 amide bonds. The van der Waals surface area contributed by atoms with Crippen molar-refractivity contribution in [3.05, 3.63) is 11.1 Å². The number of rotatable bonds is 4. The third kappa shape index (κ3) is 3.54. The van der Waals surface area contributed by atoms with Crippen LogP contribution in [0.15, 0.2) is 10.3 Å². The fraction of sp³-hybridized carbons (Fsp3) is 0.500. The van der Waals surface area contributed by atoms with Crippen molar-refractivity contribution in [1.29, 1.82) is 0 Å². The van der Waals surface area contributed by atoms with Gasteiger partial charge in [0.15, 0.2) is 5.16 Å². The van der Waals surface area contributed by atoms with Crippen LogP contribution in [0.1, 0.15) is 19.7 Å². The molecule has 2 rings (SSSR count). The van der Waals surface area contributed by atoms with E-state index in [-0.39, 0.29) is 17.4 Å². The first-order chi connectivity index (χ1) is 8.95. The van der Waals surface area contributed by atoms with Gasteiger partial charge in [-0.2, -0.15) is 15.0 Å². The van der Waals surface area contributed by atoms with Gasteiger partial charge in [0.1, 0.15) is 5.82 Å². The Bertz CT molecular complexity index is 587. The third-order valence-corrected chi connectivity index (χ3v) is 3.22. The molecule has 0 aromatic carbocycles. The van der Waals surface area contributed by atoms with Gasteiger partial charge < -0.3 is 9.30 Å². The Morgan fingerprint density at radius 3 is 2.53 bits per heavy atom. The molecule has 2 aromatic rings. The lowest BCUT2D eigenvalue weighted by Gasteiger charge is -2.08. The molecule has 0 bridgehead atoms. The van der Waals surface area contributed by atoms with E-state index in [1.165, 1.54) is 11.8 Å². The van der Waals surface area contributed by atoms with Gasteiger partial charge >= 0.3 is 6.01 Å². The van der Waals surface area contributed by atoms with Crippen molar-refractivity contribution in [1.82, 2.24) is 29.7 Å². The normalized spacial score (nSPS) is 11.1. The van der Waals surface area contributed by atoms with Gasteiger partial charge in [-0.1, -0.05) is 0 Å². The van der Waals surface area contributed by atoms with Crippen LogP contribution in [0.2, 0.25) is 5.28 Å². The van der Waals surface area contributed by atoms with Gasteiger partial charge in [-0.25, -0.2) is 0 Å². The maximum absolute atomic E-state index is 5.85. The van der Waals surface area contributed by atoms with Crippen molar-refractivity contribution in [3.8, 4) is 6.01 Å². The lowest BCUT2D eigenvalue weighted by atomic mass is 10.5. The Kier molecular flexibility index (Phi) is 4.20. The van der Waals surface area contributed by atoms with Crippen LogP contribution in [-0.4, -0.2) is 35.8 Å². The molecule has 0 saturated heterocycles. The molecule has 0 saturated carbocycles. The summed E-state index contributed by atoms with van der Waals surface area (Å²) in [5.41, 5.74) is 0. The molecule has 0 N–H and O–H groups in total. The predicted octanol–water partition coefficient (Wildman–Crippen LogP) is 1.90. The number of halogens is 1. The lowest BCUT2D eigenvalue weighted by Crippen LogP contribution is -2.09. The number of aromatic nitrogens is 6. The number of ether oxygens (including phenoxy) is 1. The zero-order chi connectivity index (χ0) is 14.0. The number of hydrogen-bond donors (Lipinski definition) is 0. The Morgan fingerprint density at radius 1 is 1.21 bits per heavy atom. The van der Waals surface area contributed by atoms with E-state index in [0.717, 1.165) is 5.82 Å². The second kappa shape index (κ2) is 5.70. The Balaban J connectivity index is 2.25. The summed E-state index contributed by atoms with van der Waals surface area (Å²) in [5, 5.41) is 9.17. The Morgan fingerprint density at radius 2 is 1.95 bits per heavy atom. The molecule has 102 valence electrons. The third-order valence-electron chi connectivity index (χ3n) is 2.14. The van der Waals surface area contributed by atoms with Crippen LogP contribution in [0.3, 0.4) is 0 Å². The minimum atomic E-state index is -0.0339. The minimum absolute atomic E-state index is 0.0339. The van der Waals surface area contributed by atoms with E-state index in [4.69, 9.17) is 16.3 Å². The van der Waals surface area contributed by atoms with Crippen molar-refractivity contribution in [2.24, 2.45) is 7.05 Å². The maximum Gasteiger partial charge on any atom is 0.322 e. The fourth-order valence-corrected chi connectivity index (χ4v) is 2.15. The lowest BCUT2D eigenvalue weighted by molar-refractivity contribution is 0.219. The van der Waals surface area contributed by atoms with Crippen molar-refractivity contribution in [2.75, 3.05) is 0 Å². The van der Waals surface area contributed by atoms with E-state index in [1.807, 2.05) is 32.4 Å². The fourth-order valence-electron chi connectivity index (χ4n) is 1.18. The summed E-state index contributed by atoms with van der Waals surface area (Å²) < 4.78 is 7.24. The zero-order valence-corrected chi connectivity index (χ0v) is 12.5. The summed E-state index contributed by atoms with van der Waals surface area (Å²) in [6.07, 6.45) is -0.0339. The summed E-state index contributed by atoms with van der Waals surface area (Å²) in [6.45, 7) is 5.64. The van der Waals surface area contributed by atoms with E-state index in [9.17, 15) is 0 Å². The molecule has 2 aromatic heterocycles. The highest BCUT2D eigenvalue weighted by Gasteiger charge is 2.13. The summed E-state index contributed by atoms with van der Waals surface area (Å²) in [7, 11) is 1.87. The average molecular weight is 301 g/mol. The van der Waals surface area contributed by atoms with Gasteiger partial charge in [0.2, 0.25) is 10.4 Å². The van der Waals surface area contributed by atoms with E-state index < -0.39 is 0 Å².